The van der Waals surface area contributed by atoms with Crippen molar-refractivity contribution in [3.8, 4) is 0 Å². The number of amides is 1. The molecule has 33 heavy (non-hydrogen) atoms. The van der Waals surface area contributed by atoms with Crippen LogP contribution >= 0.6 is 0 Å². The van der Waals surface area contributed by atoms with Crippen LogP contribution in [0, 0.1) is 0 Å². The van der Waals surface area contributed by atoms with Crippen molar-refractivity contribution in [3.05, 3.63) is 83.8 Å². The Morgan fingerprint density at radius 2 is 1.76 bits per heavy atom. The smallest absolute Gasteiger partial charge is 0.416 e. The molecule has 12 heteroatoms. The lowest BCUT2D eigenvalue weighted by atomic mass is 10.2. The number of hydrogen-bond acceptors (Lipinski definition) is 6. The highest BCUT2D eigenvalue weighted by Crippen LogP contribution is 2.31. The molecule has 2 aromatic carbocycles. The van der Waals surface area contributed by atoms with Gasteiger partial charge in [0.05, 0.1) is 28.8 Å². The van der Waals surface area contributed by atoms with E-state index in [0.717, 1.165) is 30.3 Å². The number of rotatable bonds is 8. The summed E-state index contributed by atoms with van der Waals surface area (Å²) < 4.78 is 75.7. The fourth-order valence-electron chi connectivity index (χ4n) is 2.63. The maximum Gasteiger partial charge on any atom is 0.416 e. The fourth-order valence-corrected chi connectivity index (χ4v) is 3.72. The number of sulfonamides is 1. The van der Waals surface area contributed by atoms with Crippen LogP contribution in [-0.4, -0.2) is 26.9 Å². The number of nitrogens with one attached hydrogen (secondary N) is 2. The highest BCUT2D eigenvalue weighted by molar-refractivity contribution is 7.92. The molecule has 8 nitrogen and oxygen atoms in total. The van der Waals surface area contributed by atoms with Gasteiger partial charge in [0.1, 0.15) is 5.76 Å². The van der Waals surface area contributed by atoms with Crippen LogP contribution in [0.3, 0.4) is 0 Å². The van der Waals surface area contributed by atoms with Crippen LogP contribution in [0.5, 0.6) is 0 Å². The molecule has 1 heterocycles. The zero-order valence-corrected chi connectivity index (χ0v) is 17.6. The molecular formula is C21H17F3N2O6S. The van der Waals surface area contributed by atoms with Crippen LogP contribution in [0.15, 0.2) is 76.2 Å². The third-order valence-corrected chi connectivity index (χ3v) is 5.58. The molecule has 0 aliphatic heterocycles. The minimum Gasteiger partial charge on any atom is -0.467 e. The molecule has 3 rings (SSSR count). The average molecular weight is 482 g/mol. The predicted molar refractivity (Wildman–Crippen MR) is 110 cm³/mol. The van der Waals surface area contributed by atoms with E-state index in [2.05, 4.69) is 5.32 Å². The van der Waals surface area contributed by atoms with Gasteiger partial charge >= 0.3 is 12.1 Å². The van der Waals surface area contributed by atoms with Crippen molar-refractivity contribution < 1.29 is 40.3 Å². The minimum atomic E-state index is -4.64. The summed E-state index contributed by atoms with van der Waals surface area (Å²) in [5, 5.41) is 2.47. The summed E-state index contributed by atoms with van der Waals surface area (Å²) in [5.74, 6) is -1.06. The molecule has 0 spiro atoms. The van der Waals surface area contributed by atoms with Crippen molar-refractivity contribution in [2.24, 2.45) is 0 Å². The lowest BCUT2D eigenvalue weighted by molar-refractivity contribution is -0.137. The number of ether oxygens (including phenoxy) is 1. The summed E-state index contributed by atoms with van der Waals surface area (Å²) in [6.07, 6.45) is -3.21. The SMILES string of the molecule is O=C(COC(=O)c1cccc(S(=O)(=O)Nc2cccc(C(F)(F)F)c2)c1)NCc1ccco1. The van der Waals surface area contributed by atoms with Gasteiger partial charge in [0, 0.05) is 5.69 Å². The topological polar surface area (TPSA) is 115 Å². The first-order chi connectivity index (χ1) is 15.5. The van der Waals surface area contributed by atoms with Gasteiger partial charge in [-0.25, -0.2) is 13.2 Å². The first-order valence-electron chi connectivity index (χ1n) is 9.31. The highest BCUT2D eigenvalue weighted by Gasteiger charge is 2.30. The van der Waals surface area contributed by atoms with E-state index in [1.807, 2.05) is 4.72 Å². The molecule has 0 radical (unpaired) electrons. The Balaban J connectivity index is 1.64. The third-order valence-electron chi connectivity index (χ3n) is 4.20. The van der Waals surface area contributed by atoms with E-state index in [9.17, 15) is 31.2 Å². The summed E-state index contributed by atoms with van der Waals surface area (Å²) in [5.41, 5.74) is -1.49. The Morgan fingerprint density at radius 1 is 1.00 bits per heavy atom. The van der Waals surface area contributed by atoms with Gasteiger partial charge in [0.15, 0.2) is 6.61 Å². The molecule has 174 valence electrons. The van der Waals surface area contributed by atoms with E-state index in [1.54, 1.807) is 12.1 Å². The molecule has 0 aliphatic carbocycles. The molecule has 0 saturated carbocycles. The quantitative estimate of drug-likeness (QED) is 0.475. The number of furan rings is 1. The van der Waals surface area contributed by atoms with E-state index in [1.165, 1.54) is 18.4 Å². The van der Waals surface area contributed by atoms with Gasteiger partial charge in [-0.1, -0.05) is 12.1 Å². The number of hydrogen-bond donors (Lipinski definition) is 2. The van der Waals surface area contributed by atoms with Crippen LogP contribution in [0.4, 0.5) is 18.9 Å². The van der Waals surface area contributed by atoms with Crippen molar-refractivity contribution in [1.29, 1.82) is 0 Å². The first-order valence-corrected chi connectivity index (χ1v) is 10.8. The molecule has 1 aromatic heterocycles. The van der Waals surface area contributed by atoms with E-state index in [4.69, 9.17) is 9.15 Å². The van der Waals surface area contributed by atoms with E-state index in [-0.39, 0.29) is 22.7 Å². The lowest BCUT2D eigenvalue weighted by Gasteiger charge is -2.12. The second-order valence-corrected chi connectivity index (χ2v) is 8.33. The van der Waals surface area contributed by atoms with Gasteiger partial charge in [-0.2, -0.15) is 13.2 Å². The lowest BCUT2D eigenvalue weighted by Crippen LogP contribution is -2.28. The number of carbonyl (C=O) groups excluding carboxylic acids is 2. The molecule has 2 N–H and O–H groups in total. The standard InChI is InChI=1S/C21H17F3N2O6S/c22-21(23,24)15-5-2-6-16(11-15)26-33(29,30)18-8-1-4-14(10-18)20(28)32-13-19(27)25-12-17-7-3-9-31-17/h1-11,26H,12-13H2,(H,25,27). The maximum atomic E-state index is 12.9. The van der Waals surface area contributed by atoms with Gasteiger partial charge in [0.25, 0.3) is 15.9 Å². The van der Waals surface area contributed by atoms with Gasteiger partial charge in [-0.3, -0.25) is 9.52 Å². The fraction of sp³-hybridized carbons (Fsp3) is 0.143. The molecule has 0 atom stereocenters. The summed E-state index contributed by atoms with van der Waals surface area (Å²) in [6.45, 7) is -0.517. The third kappa shape index (κ3) is 6.59. The van der Waals surface area contributed by atoms with Crippen LogP contribution in [0.2, 0.25) is 0 Å². The van der Waals surface area contributed by atoms with Crippen LogP contribution < -0.4 is 10.0 Å². The summed E-state index contributed by atoms with van der Waals surface area (Å²) in [7, 11) is -4.31. The van der Waals surface area contributed by atoms with Crippen molar-refractivity contribution in [2.75, 3.05) is 11.3 Å². The molecule has 0 unspecified atom stereocenters. The van der Waals surface area contributed by atoms with E-state index < -0.39 is 40.2 Å². The summed E-state index contributed by atoms with van der Waals surface area (Å²) in [6, 6.07) is 11.6. The molecule has 0 bridgehead atoms. The summed E-state index contributed by atoms with van der Waals surface area (Å²) >= 11 is 0. The largest absolute Gasteiger partial charge is 0.467 e. The first kappa shape index (κ1) is 23.9. The van der Waals surface area contributed by atoms with Crippen LogP contribution in [-0.2, 0) is 32.3 Å². The van der Waals surface area contributed by atoms with Crippen molar-refractivity contribution in [2.45, 2.75) is 17.6 Å². The van der Waals surface area contributed by atoms with Crippen molar-refractivity contribution in [3.63, 3.8) is 0 Å². The van der Waals surface area contributed by atoms with Gasteiger partial charge < -0.3 is 14.5 Å². The Morgan fingerprint density at radius 3 is 2.45 bits per heavy atom. The van der Waals surface area contributed by atoms with E-state index >= 15 is 0 Å². The minimum absolute atomic E-state index is 0.0956. The average Bonchev–Trinajstić information content (AvgIpc) is 3.29. The molecule has 0 aliphatic rings. The van der Waals surface area contributed by atoms with Crippen molar-refractivity contribution in [1.82, 2.24) is 5.32 Å². The number of carbonyl (C=O) groups is 2. The van der Waals surface area contributed by atoms with Crippen molar-refractivity contribution >= 4 is 27.6 Å². The van der Waals surface area contributed by atoms with Gasteiger partial charge in [-0.15, -0.1) is 0 Å². The Labute approximate surface area is 186 Å². The van der Waals surface area contributed by atoms with E-state index in [0.29, 0.717) is 11.8 Å². The zero-order chi connectivity index (χ0) is 24.1. The second kappa shape index (κ2) is 9.77. The highest BCUT2D eigenvalue weighted by atomic mass is 32.2. The molecular weight excluding hydrogens is 465 g/mol. The Kier molecular flexibility index (Phi) is 7.07. The second-order valence-electron chi connectivity index (χ2n) is 6.64. The molecule has 3 aromatic rings. The zero-order valence-electron chi connectivity index (χ0n) is 16.8. The summed E-state index contributed by atoms with van der Waals surface area (Å²) in [4.78, 5) is 23.6. The van der Waals surface area contributed by atoms with Crippen LogP contribution in [0.25, 0.3) is 0 Å². The number of alkyl halides is 3. The number of anilines is 1. The van der Waals surface area contributed by atoms with Crippen LogP contribution in [0.1, 0.15) is 21.7 Å². The number of esters is 1. The molecule has 0 saturated heterocycles. The maximum absolute atomic E-state index is 12.9. The Bertz CT molecular complexity index is 1240. The molecule has 1 amide bonds. The number of benzene rings is 2. The van der Waals surface area contributed by atoms with Gasteiger partial charge in [-0.05, 0) is 48.5 Å². The normalized spacial score (nSPS) is 11.6. The Hall–Kier alpha value is -3.80. The van der Waals surface area contributed by atoms with Gasteiger partial charge in [0.2, 0.25) is 0 Å². The predicted octanol–water partition coefficient (Wildman–Crippen LogP) is 3.57. The number of halogens is 3. The monoisotopic (exact) mass is 482 g/mol. The molecule has 0 fully saturated rings.